The van der Waals surface area contributed by atoms with Crippen molar-refractivity contribution in [2.45, 2.75) is 62.9 Å². The highest BCUT2D eigenvalue weighted by atomic mass is 32.1. The molecule has 3 N–H and O–H groups in total. The molecule has 7 nitrogen and oxygen atoms in total. The number of halogens is 1. The summed E-state index contributed by atoms with van der Waals surface area (Å²) in [6, 6.07) is 7.12. The van der Waals surface area contributed by atoms with E-state index in [9.17, 15) is 9.18 Å². The zero-order valence-corrected chi connectivity index (χ0v) is 19.9. The number of aryl methyl sites for hydroxylation is 1. The van der Waals surface area contributed by atoms with Gasteiger partial charge in [-0.15, -0.1) is 11.3 Å². The molecule has 3 fully saturated rings. The SMILES string of the molecule is Cc1ncc(C2CC3C(CC2F)NNC3C(=O)Nc2ccc(OC3CCN(C)CC3)cc2)s1. The van der Waals surface area contributed by atoms with E-state index in [0.717, 1.165) is 47.3 Å². The highest BCUT2D eigenvalue weighted by Gasteiger charge is 2.47. The quantitative estimate of drug-likeness (QED) is 0.619. The van der Waals surface area contributed by atoms with E-state index in [1.165, 1.54) is 0 Å². The lowest BCUT2D eigenvalue weighted by atomic mass is 9.74. The van der Waals surface area contributed by atoms with Gasteiger partial charge in [0.05, 0.1) is 5.01 Å². The second-order valence-electron chi connectivity index (χ2n) is 9.55. The van der Waals surface area contributed by atoms with Gasteiger partial charge in [-0.3, -0.25) is 10.2 Å². The minimum absolute atomic E-state index is 0.0245. The highest BCUT2D eigenvalue weighted by molar-refractivity contribution is 7.11. The van der Waals surface area contributed by atoms with Crippen molar-refractivity contribution in [2.75, 3.05) is 25.5 Å². The molecule has 0 bridgehead atoms. The number of likely N-dealkylation sites (tertiary alicyclic amines) is 1. The van der Waals surface area contributed by atoms with E-state index < -0.39 is 12.2 Å². The molecule has 3 aliphatic rings. The molecule has 5 atom stereocenters. The topological polar surface area (TPSA) is 78.5 Å². The maximum atomic E-state index is 14.9. The average molecular weight is 474 g/mol. The van der Waals surface area contributed by atoms with Crippen LogP contribution in [-0.4, -0.2) is 60.3 Å². The summed E-state index contributed by atoms with van der Waals surface area (Å²) in [7, 11) is 2.13. The number of fused-ring (bicyclic) bond motifs is 1. The van der Waals surface area contributed by atoms with Gasteiger partial charge in [-0.05, 0) is 63.9 Å². The second kappa shape index (κ2) is 9.66. The number of hydrazine groups is 1. The molecule has 2 aromatic rings. The Bertz CT molecular complexity index is 962. The van der Waals surface area contributed by atoms with Gasteiger partial charge in [-0.2, -0.15) is 0 Å². The number of carbonyl (C=O) groups is 1. The average Bonchev–Trinajstić information content (AvgIpc) is 3.42. The number of amides is 1. The lowest BCUT2D eigenvalue weighted by molar-refractivity contribution is -0.119. The number of hydrogen-bond donors (Lipinski definition) is 3. The number of ether oxygens (including phenoxy) is 1. The third-order valence-corrected chi connectivity index (χ3v) is 8.23. The monoisotopic (exact) mass is 473 g/mol. The van der Waals surface area contributed by atoms with E-state index >= 15 is 0 Å². The Morgan fingerprint density at radius 1 is 1.21 bits per heavy atom. The standard InChI is InChI=1S/C24H32FN5O2S/c1-14-26-13-22(33-14)18-11-19-21(12-20(18)25)28-29-23(19)24(31)27-15-3-5-16(6-4-15)32-17-7-9-30(2)10-8-17/h3-6,13,17-21,23,28-29H,7-12H2,1-2H3,(H,27,31). The van der Waals surface area contributed by atoms with Gasteiger partial charge in [0.25, 0.3) is 0 Å². The number of benzene rings is 1. The maximum Gasteiger partial charge on any atom is 0.243 e. The first-order chi connectivity index (χ1) is 16.0. The summed E-state index contributed by atoms with van der Waals surface area (Å²) in [5.74, 6) is 0.546. The van der Waals surface area contributed by atoms with Gasteiger partial charge in [0.2, 0.25) is 5.91 Å². The Balaban J connectivity index is 1.19. The Morgan fingerprint density at radius 3 is 2.67 bits per heavy atom. The van der Waals surface area contributed by atoms with Gasteiger partial charge >= 0.3 is 0 Å². The maximum absolute atomic E-state index is 14.9. The van der Waals surface area contributed by atoms with Crippen molar-refractivity contribution >= 4 is 22.9 Å². The number of carbonyl (C=O) groups excluding carboxylic acids is 1. The Kier molecular flexibility index (Phi) is 6.65. The zero-order chi connectivity index (χ0) is 22.9. The molecule has 1 saturated carbocycles. The highest BCUT2D eigenvalue weighted by Crippen LogP contribution is 2.43. The lowest BCUT2D eigenvalue weighted by Crippen LogP contribution is -2.43. The number of anilines is 1. The Hall–Kier alpha value is -2.07. The van der Waals surface area contributed by atoms with Crippen LogP contribution in [0.2, 0.25) is 0 Å². The molecule has 5 rings (SSSR count). The number of nitrogens with zero attached hydrogens (tertiary/aromatic N) is 2. The molecule has 9 heteroatoms. The molecule has 0 radical (unpaired) electrons. The van der Waals surface area contributed by atoms with Gasteiger partial charge in [0, 0.05) is 47.7 Å². The molecule has 1 aromatic carbocycles. The molecule has 178 valence electrons. The molecule has 2 aliphatic heterocycles. The normalized spacial score (nSPS) is 30.7. The van der Waals surface area contributed by atoms with Crippen molar-refractivity contribution in [3.8, 4) is 5.75 Å². The van der Waals surface area contributed by atoms with Crippen molar-refractivity contribution in [3.63, 3.8) is 0 Å². The third kappa shape index (κ3) is 5.06. The molecule has 1 amide bonds. The number of aromatic nitrogens is 1. The van der Waals surface area contributed by atoms with Gasteiger partial charge < -0.3 is 15.0 Å². The van der Waals surface area contributed by atoms with E-state index in [4.69, 9.17) is 4.74 Å². The van der Waals surface area contributed by atoms with Gasteiger partial charge in [-0.25, -0.2) is 14.8 Å². The summed E-state index contributed by atoms with van der Waals surface area (Å²) in [6.45, 7) is 4.04. The van der Waals surface area contributed by atoms with Crippen LogP contribution in [-0.2, 0) is 4.79 Å². The fourth-order valence-corrected chi connectivity index (χ4v) is 6.21. The summed E-state index contributed by atoms with van der Waals surface area (Å²) in [4.78, 5) is 20.7. The first-order valence-electron chi connectivity index (χ1n) is 11.8. The van der Waals surface area contributed by atoms with Gasteiger partial charge in [0.1, 0.15) is 24.1 Å². The molecule has 1 aliphatic carbocycles. The Labute approximate surface area is 198 Å². The summed E-state index contributed by atoms with van der Waals surface area (Å²) in [6.07, 6.45) is 4.17. The number of piperidine rings is 1. The smallest absolute Gasteiger partial charge is 0.243 e. The van der Waals surface area contributed by atoms with Gasteiger partial charge in [-0.1, -0.05) is 0 Å². The molecule has 5 unspecified atom stereocenters. The van der Waals surface area contributed by atoms with E-state index in [1.54, 1.807) is 17.5 Å². The lowest BCUT2D eigenvalue weighted by Gasteiger charge is -2.34. The molecule has 33 heavy (non-hydrogen) atoms. The molecule has 2 saturated heterocycles. The predicted octanol–water partition coefficient (Wildman–Crippen LogP) is 3.24. The van der Waals surface area contributed by atoms with E-state index in [0.29, 0.717) is 12.8 Å². The molecule has 3 heterocycles. The number of hydrogen-bond acceptors (Lipinski definition) is 7. The van der Waals surface area contributed by atoms with Crippen LogP contribution in [0.25, 0.3) is 0 Å². The van der Waals surface area contributed by atoms with E-state index in [-0.39, 0.29) is 29.9 Å². The van der Waals surface area contributed by atoms with Crippen LogP contribution in [0, 0.1) is 12.8 Å². The van der Waals surface area contributed by atoms with Crippen LogP contribution in [0.4, 0.5) is 10.1 Å². The van der Waals surface area contributed by atoms with Crippen molar-refractivity contribution in [1.82, 2.24) is 20.7 Å². The summed E-state index contributed by atoms with van der Waals surface area (Å²) in [5, 5.41) is 3.96. The summed E-state index contributed by atoms with van der Waals surface area (Å²) in [5.41, 5.74) is 7.00. The fraction of sp³-hybridized carbons (Fsp3) is 0.583. The zero-order valence-electron chi connectivity index (χ0n) is 19.1. The van der Waals surface area contributed by atoms with Crippen molar-refractivity contribution < 1.29 is 13.9 Å². The van der Waals surface area contributed by atoms with Crippen molar-refractivity contribution in [3.05, 3.63) is 40.3 Å². The number of rotatable bonds is 5. The van der Waals surface area contributed by atoms with Crippen LogP contribution in [0.15, 0.2) is 30.5 Å². The van der Waals surface area contributed by atoms with Crippen LogP contribution in [0.1, 0.15) is 41.5 Å². The van der Waals surface area contributed by atoms with Crippen molar-refractivity contribution in [2.24, 2.45) is 5.92 Å². The molecular formula is C24H32FN5O2S. The summed E-state index contributed by atoms with van der Waals surface area (Å²) < 4.78 is 21.0. The fourth-order valence-electron chi connectivity index (χ4n) is 5.26. The number of thiazole rings is 1. The van der Waals surface area contributed by atoms with E-state index in [1.807, 2.05) is 31.2 Å². The second-order valence-corrected chi connectivity index (χ2v) is 10.8. The molecule has 0 spiro atoms. The van der Waals surface area contributed by atoms with Crippen molar-refractivity contribution in [1.29, 1.82) is 0 Å². The largest absolute Gasteiger partial charge is 0.490 e. The number of alkyl halides is 1. The minimum atomic E-state index is -0.931. The van der Waals surface area contributed by atoms with Crippen LogP contribution >= 0.6 is 11.3 Å². The first-order valence-corrected chi connectivity index (χ1v) is 12.6. The van der Waals surface area contributed by atoms with Crippen LogP contribution in [0.3, 0.4) is 0 Å². The first kappa shape index (κ1) is 22.7. The third-order valence-electron chi connectivity index (χ3n) is 7.19. The molecule has 1 aromatic heterocycles. The summed E-state index contributed by atoms with van der Waals surface area (Å²) >= 11 is 1.55. The Morgan fingerprint density at radius 2 is 1.97 bits per heavy atom. The number of nitrogens with one attached hydrogen (secondary N) is 3. The molecular weight excluding hydrogens is 441 g/mol. The van der Waals surface area contributed by atoms with Crippen LogP contribution < -0.4 is 20.9 Å². The van der Waals surface area contributed by atoms with E-state index in [2.05, 4.69) is 33.1 Å². The minimum Gasteiger partial charge on any atom is -0.490 e. The van der Waals surface area contributed by atoms with Crippen LogP contribution in [0.5, 0.6) is 5.75 Å². The predicted molar refractivity (Wildman–Crippen MR) is 127 cm³/mol. The van der Waals surface area contributed by atoms with Gasteiger partial charge in [0.15, 0.2) is 0 Å².